The van der Waals surface area contributed by atoms with E-state index in [2.05, 4.69) is 41.6 Å². The molecule has 96 valence electrons. The second kappa shape index (κ2) is 6.53. The number of hydrogen-bond donors (Lipinski definition) is 1. The molecule has 0 aliphatic carbocycles. The summed E-state index contributed by atoms with van der Waals surface area (Å²) in [5.74, 6) is 0. The third kappa shape index (κ3) is 3.54. The highest BCUT2D eigenvalue weighted by Gasteiger charge is 2.21. The van der Waals surface area contributed by atoms with Crippen LogP contribution in [0.25, 0.3) is 0 Å². The van der Waals surface area contributed by atoms with Gasteiger partial charge in [0.15, 0.2) is 0 Å². The summed E-state index contributed by atoms with van der Waals surface area (Å²) in [6, 6.07) is 5.69. The zero-order chi connectivity index (χ0) is 12.1. The van der Waals surface area contributed by atoms with Crippen molar-refractivity contribution >= 4 is 11.3 Å². The molecule has 1 fully saturated rings. The zero-order valence-electron chi connectivity index (χ0n) is 11.0. The van der Waals surface area contributed by atoms with E-state index in [1.165, 1.54) is 43.8 Å². The predicted octanol–water partition coefficient (Wildman–Crippen LogP) is 3.27. The fraction of sp³-hybridized carbons (Fsp3) is 0.714. The highest BCUT2D eigenvalue weighted by molar-refractivity contribution is 7.10. The number of nitrogens with one attached hydrogen (secondary N) is 1. The van der Waals surface area contributed by atoms with E-state index < -0.39 is 0 Å². The maximum absolute atomic E-state index is 3.84. The van der Waals surface area contributed by atoms with Gasteiger partial charge in [0, 0.05) is 17.0 Å². The highest BCUT2D eigenvalue weighted by Crippen LogP contribution is 2.24. The predicted molar refractivity (Wildman–Crippen MR) is 75.6 cm³/mol. The molecule has 1 saturated heterocycles. The number of nitrogens with zero attached hydrogens (tertiary/aromatic N) is 1. The van der Waals surface area contributed by atoms with Crippen LogP contribution in [-0.4, -0.2) is 30.6 Å². The molecule has 17 heavy (non-hydrogen) atoms. The van der Waals surface area contributed by atoms with Gasteiger partial charge >= 0.3 is 0 Å². The summed E-state index contributed by atoms with van der Waals surface area (Å²) in [5.41, 5.74) is 0. The van der Waals surface area contributed by atoms with Gasteiger partial charge < -0.3 is 10.2 Å². The molecule has 0 bridgehead atoms. The second-order valence-corrected chi connectivity index (χ2v) is 5.83. The molecule has 0 amide bonds. The van der Waals surface area contributed by atoms with Crippen molar-refractivity contribution in [3.8, 4) is 0 Å². The normalized spacial score (nSPS) is 20.6. The van der Waals surface area contributed by atoms with Crippen LogP contribution in [0.4, 0.5) is 0 Å². The maximum Gasteiger partial charge on any atom is 0.0414 e. The molecule has 1 aliphatic heterocycles. The molecule has 3 heteroatoms. The van der Waals surface area contributed by atoms with Gasteiger partial charge in [0.1, 0.15) is 0 Å². The lowest BCUT2D eigenvalue weighted by atomic mass is 10.0. The fourth-order valence-corrected chi connectivity index (χ4v) is 3.46. The summed E-state index contributed by atoms with van der Waals surface area (Å²) >= 11 is 1.88. The minimum atomic E-state index is 0.563. The first-order valence-electron chi connectivity index (χ1n) is 6.85. The van der Waals surface area contributed by atoms with Gasteiger partial charge in [-0.1, -0.05) is 19.9 Å². The van der Waals surface area contributed by atoms with E-state index in [-0.39, 0.29) is 0 Å². The van der Waals surface area contributed by atoms with Crippen molar-refractivity contribution in [2.75, 3.05) is 19.6 Å². The zero-order valence-corrected chi connectivity index (χ0v) is 11.8. The van der Waals surface area contributed by atoms with Crippen LogP contribution in [0.5, 0.6) is 0 Å². The summed E-state index contributed by atoms with van der Waals surface area (Å²) in [5, 5.41) is 6.02. The fourth-order valence-electron chi connectivity index (χ4n) is 2.59. The number of rotatable bonds is 5. The van der Waals surface area contributed by atoms with E-state index in [9.17, 15) is 0 Å². The lowest BCUT2D eigenvalue weighted by Gasteiger charge is -2.33. The third-order valence-corrected chi connectivity index (χ3v) is 4.75. The van der Waals surface area contributed by atoms with Crippen LogP contribution in [0.1, 0.15) is 44.0 Å². The first-order chi connectivity index (χ1) is 8.33. The van der Waals surface area contributed by atoms with Gasteiger partial charge in [-0.25, -0.2) is 0 Å². The molecule has 0 saturated carbocycles. The van der Waals surface area contributed by atoms with Crippen LogP contribution in [0, 0.1) is 0 Å². The highest BCUT2D eigenvalue weighted by atomic mass is 32.1. The Morgan fingerprint density at radius 2 is 2.18 bits per heavy atom. The minimum Gasteiger partial charge on any atom is -0.306 e. The van der Waals surface area contributed by atoms with Crippen LogP contribution in [-0.2, 0) is 0 Å². The molecule has 0 spiro atoms. The quantitative estimate of drug-likeness (QED) is 0.865. The van der Waals surface area contributed by atoms with Gasteiger partial charge in [0.05, 0.1) is 0 Å². The van der Waals surface area contributed by atoms with Crippen molar-refractivity contribution in [2.24, 2.45) is 0 Å². The summed E-state index contributed by atoms with van der Waals surface area (Å²) in [4.78, 5) is 4.04. The lowest BCUT2D eigenvalue weighted by molar-refractivity contribution is 0.198. The van der Waals surface area contributed by atoms with Gasteiger partial charge in [-0.3, -0.25) is 0 Å². The number of thiophene rings is 1. The van der Waals surface area contributed by atoms with Crippen LogP contribution < -0.4 is 5.32 Å². The van der Waals surface area contributed by atoms with Gasteiger partial charge in [0.25, 0.3) is 0 Å². The Bertz CT molecular complexity index is 302. The van der Waals surface area contributed by atoms with E-state index in [1.807, 2.05) is 11.3 Å². The van der Waals surface area contributed by atoms with Crippen molar-refractivity contribution in [1.29, 1.82) is 0 Å². The van der Waals surface area contributed by atoms with Crippen LogP contribution >= 0.6 is 11.3 Å². The van der Waals surface area contributed by atoms with E-state index in [0.717, 1.165) is 0 Å². The van der Waals surface area contributed by atoms with E-state index in [1.54, 1.807) is 0 Å². The molecule has 2 rings (SSSR count). The van der Waals surface area contributed by atoms with Gasteiger partial charge in [0.2, 0.25) is 0 Å². The third-order valence-electron chi connectivity index (χ3n) is 3.77. The van der Waals surface area contributed by atoms with Crippen molar-refractivity contribution in [3.05, 3.63) is 22.4 Å². The van der Waals surface area contributed by atoms with Crippen LogP contribution in [0.2, 0.25) is 0 Å². The van der Waals surface area contributed by atoms with Gasteiger partial charge in [-0.05, 0) is 50.3 Å². The molecule has 0 radical (unpaired) electrons. The first kappa shape index (κ1) is 13.1. The molecule has 1 N–H and O–H groups in total. The average molecular weight is 252 g/mol. The summed E-state index contributed by atoms with van der Waals surface area (Å²) in [6.45, 7) is 8.26. The summed E-state index contributed by atoms with van der Waals surface area (Å²) in [7, 11) is 0. The van der Waals surface area contributed by atoms with Crippen molar-refractivity contribution < 1.29 is 0 Å². The molecule has 0 aromatic carbocycles. The SMILES string of the molecule is CCC(NC1CCN(CC)CC1)c1cccs1. The monoisotopic (exact) mass is 252 g/mol. The Balaban J connectivity index is 1.84. The number of likely N-dealkylation sites (tertiary alicyclic amines) is 1. The molecule has 1 aromatic rings. The van der Waals surface area contributed by atoms with Crippen molar-refractivity contribution in [2.45, 2.75) is 45.2 Å². The minimum absolute atomic E-state index is 0.563. The largest absolute Gasteiger partial charge is 0.306 e. The topological polar surface area (TPSA) is 15.3 Å². The maximum atomic E-state index is 3.84. The molecule has 2 nitrogen and oxygen atoms in total. The molecule has 1 aliphatic rings. The van der Waals surface area contributed by atoms with Crippen molar-refractivity contribution in [1.82, 2.24) is 10.2 Å². The number of piperidine rings is 1. The van der Waals surface area contributed by atoms with Crippen molar-refractivity contribution in [3.63, 3.8) is 0 Å². The summed E-state index contributed by atoms with van der Waals surface area (Å²) < 4.78 is 0. The van der Waals surface area contributed by atoms with E-state index in [4.69, 9.17) is 0 Å². The van der Waals surface area contributed by atoms with Gasteiger partial charge in [-0.2, -0.15) is 0 Å². The molecular formula is C14H24N2S. The Hall–Kier alpha value is -0.380. The lowest BCUT2D eigenvalue weighted by Crippen LogP contribution is -2.43. The molecule has 1 atom stereocenters. The molecule has 1 unspecified atom stereocenters. The summed E-state index contributed by atoms with van der Waals surface area (Å²) in [6.07, 6.45) is 3.79. The van der Waals surface area contributed by atoms with E-state index >= 15 is 0 Å². The van der Waals surface area contributed by atoms with E-state index in [0.29, 0.717) is 12.1 Å². The Morgan fingerprint density at radius 1 is 1.41 bits per heavy atom. The Morgan fingerprint density at radius 3 is 2.71 bits per heavy atom. The molecular weight excluding hydrogens is 228 g/mol. The first-order valence-corrected chi connectivity index (χ1v) is 7.73. The molecule has 2 heterocycles. The number of hydrogen-bond acceptors (Lipinski definition) is 3. The Kier molecular flexibility index (Phi) is 5.01. The van der Waals surface area contributed by atoms with Gasteiger partial charge in [-0.15, -0.1) is 11.3 Å². The standard InChI is InChI=1S/C14H24N2S/c1-3-13(14-6-5-11-17-14)15-12-7-9-16(4-2)10-8-12/h5-6,11-13,15H,3-4,7-10H2,1-2H3. The Labute approximate surface area is 109 Å². The smallest absolute Gasteiger partial charge is 0.0414 e. The molecule has 1 aromatic heterocycles. The van der Waals surface area contributed by atoms with Crippen LogP contribution in [0.15, 0.2) is 17.5 Å². The van der Waals surface area contributed by atoms with Crippen LogP contribution in [0.3, 0.4) is 0 Å². The average Bonchev–Trinajstić information content (AvgIpc) is 2.90. The second-order valence-electron chi connectivity index (χ2n) is 4.85.